The summed E-state index contributed by atoms with van der Waals surface area (Å²) in [5, 5.41) is 5.54. The molecule has 2 aromatic rings. The van der Waals surface area contributed by atoms with Crippen LogP contribution in [0.5, 0.6) is 0 Å². The third-order valence-corrected chi connectivity index (χ3v) is 6.27. The van der Waals surface area contributed by atoms with Crippen molar-refractivity contribution in [1.29, 1.82) is 0 Å². The van der Waals surface area contributed by atoms with Crippen LogP contribution in [0, 0.1) is 0 Å². The molecule has 7 nitrogen and oxygen atoms in total. The number of para-hydroxylation sites is 1. The number of nitrogens with one attached hydrogen (secondary N) is 2. The van der Waals surface area contributed by atoms with Gasteiger partial charge in [0.05, 0.1) is 10.6 Å². The van der Waals surface area contributed by atoms with Crippen molar-refractivity contribution < 1.29 is 18.0 Å². The Hall–Kier alpha value is -2.87. The minimum Gasteiger partial charge on any atom is -0.354 e. The fourth-order valence-electron chi connectivity index (χ4n) is 3.01. The topological polar surface area (TPSA) is 95.6 Å². The molecule has 2 amide bonds. The minimum atomic E-state index is -3.75. The fourth-order valence-corrected chi connectivity index (χ4v) is 4.48. The number of carbonyl (C=O) groups excluding carboxylic acids is 2. The molecule has 1 unspecified atom stereocenters. The van der Waals surface area contributed by atoms with E-state index < -0.39 is 10.0 Å². The van der Waals surface area contributed by atoms with Crippen molar-refractivity contribution in [2.24, 2.45) is 0 Å². The van der Waals surface area contributed by atoms with Crippen LogP contribution in [0.4, 0.5) is 5.69 Å². The zero-order valence-electron chi connectivity index (χ0n) is 17.8. The molecular formula is C22H29N3O4S. The molecule has 8 heteroatoms. The lowest BCUT2D eigenvalue weighted by Gasteiger charge is -2.23. The van der Waals surface area contributed by atoms with Crippen molar-refractivity contribution in [3.63, 3.8) is 0 Å². The van der Waals surface area contributed by atoms with Crippen molar-refractivity contribution in [3.05, 3.63) is 60.2 Å². The number of nitrogens with zero attached hydrogens (tertiary/aromatic N) is 1. The average Bonchev–Trinajstić information content (AvgIpc) is 2.68. The molecule has 0 aliphatic rings. The van der Waals surface area contributed by atoms with Gasteiger partial charge in [0.2, 0.25) is 5.91 Å². The lowest BCUT2D eigenvalue weighted by atomic mass is 10.1. The average molecular weight is 432 g/mol. The summed E-state index contributed by atoms with van der Waals surface area (Å²) in [5.74, 6) is -0.501. The first-order valence-corrected chi connectivity index (χ1v) is 11.4. The molecule has 1 atom stereocenters. The van der Waals surface area contributed by atoms with Crippen LogP contribution in [-0.2, 0) is 14.8 Å². The third-order valence-electron chi connectivity index (χ3n) is 4.35. The molecule has 0 radical (unpaired) electrons. The Bertz CT molecular complexity index is 958. The Kier molecular flexibility index (Phi) is 8.00. The van der Waals surface area contributed by atoms with Gasteiger partial charge in [-0.3, -0.25) is 13.9 Å². The summed E-state index contributed by atoms with van der Waals surface area (Å²) in [5.41, 5.74) is 0.906. The lowest BCUT2D eigenvalue weighted by Crippen LogP contribution is -2.39. The van der Waals surface area contributed by atoms with Crippen LogP contribution >= 0.6 is 0 Å². The van der Waals surface area contributed by atoms with Crippen LogP contribution < -0.4 is 14.9 Å². The van der Waals surface area contributed by atoms with Gasteiger partial charge >= 0.3 is 0 Å². The Morgan fingerprint density at radius 1 is 0.933 bits per heavy atom. The van der Waals surface area contributed by atoms with Crippen molar-refractivity contribution in [2.45, 2.75) is 51.1 Å². The van der Waals surface area contributed by atoms with E-state index in [4.69, 9.17) is 0 Å². The first kappa shape index (κ1) is 23.4. The number of hydrogen-bond acceptors (Lipinski definition) is 4. The highest BCUT2D eigenvalue weighted by Gasteiger charge is 2.24. The predicted octanol–water partition coefficient (Wildman–Crippen LogP) is 2.93. The maximum Gasteiger partial charge on any atom is 0.264 e. The van der Waals surface area contributed by atoms with Crippen molar-refractivity contribution in [2.75, 3.05) is 10.8 Å². The largest absolute Gasteiger partial charge is 0.354 e. The third kappa shape index (κ3) is 6.06. The minimum absolute atomic E-state index is 0.0356. The Balaban J connectivity index is 2.10. The monoisotopic (exact) mass is 431 g/mol. The van der Waals surface area contributed by atoms with E-state index in [1.807, 2.05) is 19.9 Å². The van der Waals surface area contributed by atoms with E-state index in [9.17, 15) is 18.0 Å². The summed E-state index contributed by atoms with van der Waals surface area (Å²) in [7, 11) is -3.75. The number of sulfonamides is 1. The lowest BCUT2D eigenvalue weighted by molar-refractivity contribution is -0.121. The van der Waals surface area contributed by atoms with Crippen molar-refractivity contribution in [3.8, 4) is 0 Å². The van der Waals surface area contributed by atoms with Gasteiger partial charge in [-0.25, -0.2) is 8.42 Å². The van der Waals surface area contributed by atoms with Gasteiger partial charge in [-0.1, -0.05) is 18.2 Å². The quantitative estimate of drug-likeness (QED) is 0.638. The molecule has 2 aromatic carbocycles. The summed E-state index contributed by atoms with van der Waals surface area (Å²) in [4.78, 5) is 24.3. The second kappa shape index (κ2) is 10.2. The van der Waals surface area contributed by atoms with Gasteiger partial charge in [0.25, 0.3) is 15.9 Å². The van der Waals surface area contributed by atoms with Crippen LogP contribution in [0.3, 0.4) is 0 Å². The first-order chi connectivity index (χ1) is 14.1. The number of benzene rings is 2. The molecule has 0 aliphatic carbocycles. The summed E-state index contributed by atoms with van der Waals surface area (Å²) < 4.78 is 27.3. The number of anilines is 1. The molecule has 162 valence electrons. The van der Waals surface area contributed by atoms with E-state index in [1.54, 1.807) is 38.1 Å². The molecule has 0 fully saturated rings. The zero-order chi connectivity index (χ0) is 22.3. The number of rotatable bonds is 9. The molecule has 0 spiro atoms. The van der Waals surface area contributed by atoms with Gasteiger partial charge in [-0.15, -0.1) is 0 Å². The van der Waals surface area contributed by atoms with Crippen molar-refractivity contribution >= 4 is 27.5 Å². The maximum atomic E-state index is 13.0. The van der Waals surface area contributed by atoms with E-state index in [1.165, 1.54) is 28.6 Å². The second-order valence-corrected chi connectivity index (χ2v) is 9.19. The molecular weight excluding hydrogens is 402 g/mol. The molecule has 2 rings (SSSR count). The molecule has 2 N–H and O–H groups in total. The summed E-state index contributed by atoms with van der Waals surface area (Å²) in [6.07, 6.45) is 0.166. The van der Waals surface area contributed by atoms with E-state index in [0.717, 1.165) is 0 Å². The van der Waals surface area contributed by atoms with Gasteiger partial charge in [0, 0.05) is 30.6 Å². The summed E-state index contributed by atoms with van der Waals surface area (Å²) >= 11 is 0. The van der Waals surface area contributed by atoms with Gasteiger partial charge in [-0.2, -0.15) is 0 Å². The van der Waals surface area contributed by atoms with Gasteiger partial charge in [-0.05, 0) is 64.1 Å². The highest BCUT2D eigenvalue weighted by Crippen LogP contribution is 2.23. The molecule has 0 aliphatic heterocycles. The van der Waals surface area contributed by atoms with Gasteiger partial charge in [0.1, 0.15) is 0 Å². The number of hydrogen-bond donors (Lipinski definition) is 2. The normalized spacial score (nSPS) is 12.3. The second-order valence-electron chi connectivity index (χ2n) is 7.33. The smallest absolute Gasteiger partial charge is 0.264 e. The fraction of sp³-hybridized carbons (Fsp3) is 0.364. The number of carbonyl (C=O) groups is 2. The van der Waals surface area contributed by atoms with E-state index in [-0.39, 0.29) is 41.8 Å². The van der Waals surface area contributed by atoms with Crippen LogP contribution in [0.25, 0.3) is 0 Å². The highest BCUT2D eigenvalue weighted by molar-refractivity contribution is 7.92. The van der Waals surface area contributed by atoms with Crippen LogP contribution in [0.2, 0.25) is 0 Å². The van der Waals surface area contributed by atoms with E-state index in [2.05, 4.69) is 10.6 Å². The Labute approximate surface area is 178 Å². The van der Waals surface area contributed by atoms with Crippen LogP contribution in [0.15, 0.2) is 59.5 Å². The molecule has 0 bridgehead atoms. The standard InChI is InChI=1S/C22H29N3O4S/c1-5-25(19-9-7-6-8-10-19)30(28,29)20-13-11-18(12-14-20)22(27)24-17(4)15-21(26)23-16(2)3/h6-14,16-17H,5,15H2,1-4H3,(H,23,26)(H,24,27). The van der Waals surface area contributed by atoms with Crippen molar-refractivity contribution in [1.82, 2.24) is 10.6 Å². The van der Waals surface area contributed by atoms with E-state index >= 15 is 0 Å². The maximum absolute atomic E-state index is 13.0. The SMILES string of the molecule is CCN(c1ccccc1)S(=O)(=O)c1ccc(C(=O)NC(C)CC(=O)NC(C)C)cc1. The van der Waals surface area contributed by atoms with Gasteiger partial charge in [0.15, 0.2) is 0 Å². The molecule has 30 heavy (non-hydrogen) atoms. The summed E-state index contributed by atoms with van der Waals surface area (Å²) in [6.45, 7) is 7.53. The first-order valence-electron chi connectivity index (χ1n) is 9.93. The molecule has 0 saturated carbocycles. The zero-order valence-corrected chi connectivity index (χ0v) is 18.6. The predicted molar refractivity (Wildman–Crippen MR) is 118 cm³/mol. The van der Waals surface area contributed by atoms with Gasteiger partial charge < -0.3 is 10.6 Å². The molecule has 0 saturated heterocycles. The van der Waals surface area contributed by atoms with E-state index in [0.29, 0.717) is 11.3 Å². The highest BCUT2D eigenvalue weighted by atomic mass is 32.2. The Morgan fingerprint density at radius 3 is 2.07 bits per heavy atom. The van der Waals surface area contributed by atoms with Crippen LogP contribution in [0.1, 0.15) is 44.5 Å². The molecule has 0 heterocycles. The number of amides is 2. The summed E-state index contributed by atoms with van der Waals surface area (Å²) in [6, 6.07) is 14.3. The Morgan fingerprint density at radius 2 is 1.53 bits per heavy atom. The molecule has 0 aromatic heterocycles. The van der Waals surface area contributed by atoms with Crippen LogP contribution in [-0.4, -0.2) is 38.9 Å².